The van der Waals surface area contributed by atoms with Crippen molar-refractivity contribution in [3.63, 3.8) is 0 Å². The number of rotatable bonds is 2. The van der Waals surface area contributed by atoms with Crippen molar-refractivity contribution in [3.05, 3.63) is 23.0 Å². The van der Waals surface area contributed by atoms with Gasteiger partial charge in [0.15, 0.2) is 10.8 Å². The summed E-state index contributed by atoms with van der Waals surface area (Å²) in [5, 5.41) is 7.75. The molecule has 1 aromatic rings. The van der Waals surface area contributed by atoms with Crippen LogP contribution in [-0.4, -0.2) is 46.8 Å². The molecule has 1 amide bonds. The van der Waals surface area contributed by atoms with Gasteiger partial charge in [-0.3, -0.25) is 4.79 Å². The molecule has 1 fully saturated rings. The third-order valence-corrected chi connectivity index (χ3v) is 2.93. The molecular weight excluding hydrogens is 242 g/mol. The van der Waals surface area contributed by atoms with Crippen molar-refractivity contribution in [2.45, 2.75) is 19.4 Å². The molecule has 17 heavy (non-hydrogen) atoms. The molecule has 2 rings (SSSR count). The highest BCUT2D eigenvalue weighted by molar-refractivity contribution is 6.29. The molecule has 0 aromatic carbocycles. The zero-order valence-corrected chi connectivity index (χ0v) is 10.4. The van der Waals surface area contributed by atoms with Crippen LogP contribution in [0.1, 0.15) is 23.8 Å². The van der Waals surface area contributed by atoms with Gasteiger partial charge in [-0.1, -0.05) is 18.5 Å². The summed E-state index contributed by atoms with van der Waals surface area (Å²) in [5.74, 6) is -0.115. The molecule has 5 nitrogen and oxygen atoms in total. The predicted octanol–water partition coefficient (Wildman–Crippen LogP) is 1.38. The first-order valence-electron chi connectivity index (χ1n) is 5.61. The van der Waals surface area contributed by atoms with Crippen molar-refractivity contribution < 1.29 is 9.53 Å². The first-order chi connectivity index (χ1) is 8.20. The van der Waals surface area contributed by atoms with E-state index in [2.05, 4.69) is 10.2 Å². The van der Waals surface area contributed by atoms with Gasteiger partial charge in [-0.2, -0.15) is 0 Å². The van der Waals surface area contributed by atoms with Crippen LogP contribution in [0.4, 0.5) is 0 Å². The van der Waals surface area contributed by atoms with E-state index < -0.39 is 0 Å². The Morgan fingerprint density at radius 3 is 3.06 bits per heavy atom. The number of hydrogen-bond donors (Lipinski definition) is 0. The van der Waals surface area contributed by atoms with Crippen molar-refractivity contribution in [3.8, 4) is 0 Å². The molecule has 0 saturated carbocycles. The smallest absolute Gasteiger partial charge is 0.274 e. The van der Waals surface area contributed by atoms with E-state index in [1.54, 1.807) is 17.0 Å². The first-order valence-corrected chi connectivity index (χ1v) is 5.98. The van der Waals surface area contributed by atoms with Crippen LogP contribution >= 0.6 is 11.6 Å². The fourth-order valence-corrected chi connectivity index (χ4v) is 1.84. The number of carbonyl (C=O) groups is 1. The lowest BCUT2D eigenvalue weighted by Gasteiger charge is -2.32. The first kappa shape index (κ1) is 12.3. The largest absolute Gasteiger partial charge is 0.375 e. The molecule has 2 heterocycles. The molecule has 1 aliphatic heterocycles. The SMILES string of the molecule is CCC1CN(C(=O)c2ccc(Cl)nn2)CCO1. The Morgan fingerprint density at radius 2 is 2.41 bits per heavy atom. The van der Waals surface area contributed by atoms with Crippen LogP contribution in [0.3, 0.4) is 0 Å². The third-order valence-electron chi connectivity index (χ3n) is 2.73. The predicted molar refractivity (Wildman–Crippen MR) is 63.0 cm³/mol. The standard InChI is InChI=1S/C11H14ClN3O2/c1-2-8-7-15(5-6-17-8)11(16)9-3-4-10(12)14-13-9/h3-4,8H,2,5-7H2,1H3. The Bertz CT molecular complexity index is 396. The molecule has 6 heteroatoms. The second-order valence-corrected chi connectivity index (χ2v) is 4.28. The van der Waals surface area contributed by atoms with Crippen LogP contribution in [0.25, 0.3) is 0 Å². The summed E-state index contributed by atoms with van der Waals surface area (Å²) in [6.07, 6.45) is 1.02. The van der Waals surface area contributed by atoms with Crippen LogP contribution in [0.2, 0.25) is 5.15 Å². The van der Waals surface area contributed by atoms with Gasteiger partial charge in [-0.25, -0.2) is 0 Å². The van der Waals surface area contributed by atoms with Gasteiger partial charge < -0.3 is 9.64 Å². The molecule has 1 unspecified atom stereocenters. The van der Waals surface area contributed by atoms with E-state index in [4.69, 9.17) is 16.3 Å². The molecule has 0 bridgehead atoms. The van der Waals surface area contributed by atoms with Gasteiger partial charge >= 0.3 is 0 Å². The average molecular weight is 256 g/mol. The van der Waals surface area contributed by atoms with Gasteiger partial charge in [0.25, 0.3) is 5.91 Å². The summed E-state index contributed by atoms with van der Waals surface area (Å²) < 4.78 is 5.51. The van der Waals surface area contributed by atoms with Crippen molar-refractivity contribution >= 4 is 17.5 Å². The fraction of sp³-hybridized carbons (Fsp3) is 0.545. The lowest BCUT2D eigenvalue weighted by Crippen LogP contribution is -2.45. The van der Waals surface area contributed by atoms with Gasteiger partial charge in [0.05, 0.1) is 12.7 Å². The van der Waals surface area contributed by atoms with E-state index in [9.17, 15) is 4.79 Å². The molecule has 0 aliphatic carbocycles. The molecule has 1 aliphatic rings. The third kappa shape index (κ3) is 2.92. The van der Waals surface area contributed by atoms with Crippen LogP contribution < -0.4 is 0 Å². The molecule has 92 valence electrons. The summed E-state index contributed by atoms with van der Waals surface area (Å²) in [7, 11) is 0. The fourth-order valence-electron chi connectivity index (χ4n) is 1.74. The van der Waals surface area contributed by atoms with Crippen molar-refractivity contribution in [2.24, 2.45) is 0 Å². The highest BCUT2D eigenvalue weighted by Crippen LogP contribution is 2.11. The van der Waals surface area contributed by atoms with Crippen molar-refractivity contribution in [2.75, 3.05) is 19.7 Å². The molecule has 0 radical (unpaired) electrons. The summed E-state index contributed by atoms with van der Waals surface area (Å²) in [5.41, 5.74) is 0.325. The Kier molecular flexibility index (Phi) is 3.91. The van der Waals surface area contributed by atoms with E-state index in [1.807, 2.05) is 6.92 Å². The quantitative estimate of drug-likeness (QED) is 0.801. The van der Waals surface area contributed by atoms with Gasteiger partial charge in [-0.05, 0) is 18.6 Å². The number of halogens is 1. The number of amides is 1. The van der Waals surface area contributed by atoms with E-state index in [0.29, 0.717) is 25.4 Å². The van der Waals surface area contributed by atoms with E-state index in [1.165, 1.54) is 0 Å². The molecule has 1 saturated heterocycles. The topological polar surface area (TPSA) is 55.3 Å². The van der Waals surface area contributed by atoms with Gasteiger partial charge in [0.2, 0.25) is 0 Å². The maximum Gasteiger partial charge on any atom is 0.274 e. The number of morpholine rings is 1. The molecule has 0 spiro atoms. The Hall–Kier alpha value is -1.20. The number of nitrogens with zero attached hydrogens (tertiary/aromatic N) is 3. The van der Waals surface area contributed by atoms with Crippen LogP contribution in [0, 0.1) is 0 Å². The average Bonchev–Trinajstić information content (AvgIpc) is 2.39. The van der Waals surface area contributed by atoms with E-state index >= 15 is 0 Å². The maximum absolute atomic E-state index is 12.1. The summed E-state index contributed by atoms with van der Waals surface area (Å²) >= 11 is 5.63. The van der Waals surface area contributed by atoms with Crippen LogP contribution in [-0.2, 0) is 4.74 Å². The lowest BCUT2D eigenvalue weighted by atomic mass is 10.2. The van der Waals surface area contributed by atoms with E-state index in [-0.39, 0.29) is 17.2 Å². The molecule has 0 N–H and O–H groups in total. The highest BCUT2D eigenvalue weighted by Gasteiger charge is 2.24. The van der Waals surface area contributed by atoms with Crippen molar-refractivity contribution in [1.82, 2.24) is 15.1 Å². The van der Waals surface area contributed by atoms with Gasteiger partial charge in [0, 0.05) is 13.1 Å². The minimum Gasteiger partial charge on any atom is -0.375 e. The molecule has 1 aromatic heterocycles. The molecule has 1 atom stereocenters. The van der Waals surface area contributed by atoms with E-state index in [0.717, 1.165) is 6.42 Å². The lowest BCUT2D eigenvalue weighted by molar-refractivity contribution is -0.0228. The summed E-state index contributed by atoms with van der Waals surface area (Å²) in [6, 6.07) is 3.16. The monoisotopic (exact) mass is 255 g/mol. The maximum atomic E-state index is 12.1. The zero-order chi connectivity index (χ0) is 12.3. The van der Waals surface area contributed by atoms with Gasteiger partial charge in [-0.15, -0.1) is 10.2 Å². The second-order valence-electron chi connectivity index (χ2n) is 3.89. The Balaban J connectivity index is 2.06. The van der Waals surface area contributed by atoms with Crippen LogP contribution in [0.15, 0.2) is 12.1 Å². The number of carbonyl (C=O) groups excluding carboxylic acids is 1. The number of ether oxygens (including phenoxy) is 1. The molecular formula is C11H14ClN3O2. The minimum absolute atomic E-state index is 0.115. The number of aromatic nitrogens is 2. The Morgan fingerprint density at radius 1 is 1.59 bits per heavy atom. The summed E-state index contributed by atoms with van der Waals surface area (Å²) in [4.78, 5) is 13.8. The van der Waals surface area contributed by atoms with Crippen molar-refractivity contribution in [1.29, 1.82) is 0 Å². The highest BCUT2D eigenvalue weighted by atomic mass is 35.5. The minimum atomic E-state index is -0.115. The zero-order valence-electron chi connectivity index (χ0n) is 9.60. The Labute approximate surface area is 105 Å². The normalized spacial score (nSPS) is 20.4. The number of hydrogen-bond acceptors (Lipinski definition) is 4. The van der Waals surface area contributed by atoms with Crippen LogP contribution in [0.5, 0.6) is 0 Å². The van der Waals surface area contributed by atoms with Gasteiger partial charge in [0.1, 0.15) is 0 Å². The summed E-state index contributed by atoms with van der Waals surface area (Å²) in [6.45, 7) is 3.82. The second kappa shape index (κ2) is 5.42.